The Labute approximate surface area is 215 Å². The molecule has 6 rings (SSSR count). The maximum Gasteiger partial charge on any atom is 0.123 e. The van der Waals surface area contributed by atoms with Crippen LogP contribution in [0.5, 0.6) is 0 Å². The van der Waals surface area contributed by atoms with Crippen LogP contribution in [0, 0.1) is 23.1 Å². The van der Waals surface area contributed by atoms with Crippen LogP contribution in [-0.4, -0.2) is 22.6 Å². The average Bonchev–Trinajstić information content (AvgIpc) is 3.84. The van der Waals surface area contributed by atoms with Crippen molar-refractivity contribution >= 4 is 33.9 Å². The summed E-state index contributed by atoms with van der Waals surface area (Å²) >= 11 is 6.68. The van der Waals surface area contributed by atoms with Crippen molar-refractivity contribution in [3.8, 4) is 6.07 Å². The number of hydrazine groups is 2. The number of halogens is 2. The fourth-order valence-electron chi connectivity index (χ4n) is 4.48. The number of pyridine rings is 1. The highest BCUT2D eigenvalue weighted by Crippen LogP contribution is 2.37. The maximum absolute atomic E-state index is 13.8. The topological polar surface area (TPSA) is 88.0 Å². The van der Waals surface area contributed by atoms with Gasteiger partial charge in [0.25, 0.3) is 0 Å². The van der Waals surface area contributed by atoms with Gasteiger partial charge in [-0.3, -0.25) is 9.99 Å². The molecule has 0 saturated heterocycles. The summed E-state index contributed by atoms with van der Waals surface area (Å²) in [6.07, 6.45) is 9.15. The lowest BCUT2D eigenvalue weighted by molar-refractivity contribution is 0.260. The molecule has 1 aliphatic heterocycles. The first-order valence-electron chi connectivity index (χ1n) is 12.8. The zero-order valence-corrected chi connectivity index (χ0v) is 20.4. The first kappa shape index (κ1) is 21.7. The average molecular weight is 505 g/mol. The van der Waals surface area contributed by atoms with Crippen molar-refractivity contribution in [1.29, 1.82) is 5.26 Å². The predicted molar refractivity (Wildman–Crippen MR) is 139 cm³/mol. The van der Waals surface area contributed by atoms with Gasteiger partial charge in [-0.25, -0.2) is 4.39 Å². The van der Waals surface area contributed by atoms with Gasteiger partial charge in [0.15, 0.2) is 0 Å². The van der Waals surface area contributed by atoms with E-state index in [2.05, 4.69) is 32.6 Å². The highest BCUT2D eigenvalue weighted by atomic mass is 35.5. The summed E-state index contributed by atoms with van der Waals surface area (Å²) in [5.41, 5.74) is 9.64. The van der Waals surface area contributed by atoms with Crippen LogP contribution >= 0.6 is 11.6 Å². The van der Waals surface area contributed by atoms with Crippen molar-refractivity contribution in [2.45, 2.75) is 44.2 Å². The van der Waals surface area contributed by atoms with Gasteiger partial charge in [0.2, 0.25) is 0 Å². The number of nitriles is 1. The van der Waals surface area contributed by atoms with E-state index in [0.717, 1.165) is 31.7 Å². The number of nitrogens with one attached hydrogen (secondary N) is 4. The normalized spacial score (nSPS) is 19.2. The van der Waals surface area contributed by atoms with Gasteiger partial charge in [-0.15, -0.1) is 5.53 Å². The molecule has 2 saturated carbocycles. The Hall–Kier alpha value is -3.54. The third-order valence-electron chi connectivity index (χ3n) is 6.80. The van der Waals surface area contributed by atoms with Crippen molar-refractivity contribution in [1.82, 2.24) is 21.0 Å². The molecule has 2 fully saturated rings. The zero-order chi connectivity index (χ0) is 25.6. The van der Waals surface area contributed by atoms with E-state index in [1.165, 1.54) is 25.0 Å². The van der Waals surface area contributed by atoms with E-state index in [9.17, 15) is 11.0 Å². The van der Waals surface area contributed by atoms with Gasteiger partial charge in [-0.1, -0.05) is 36.6 Å². The SMILES string of the molecule is [2H][C@](Nc1cc(Cl)c2ncc(C#N)c(NCCC3CC3)c2c1)(C1=CN(C2CC2)NN1)c1ccc(F)cc1. The smallest absolute Gasteiger partial charge is 0.123 e. The van der Waals surface area contributed by atoms with E-state index < -0.39 is 6.02 Å². The van der Waals surface area contributed by atoms with Gasteiger partial charge >= 0.3 is 0 Å². The molecular formula is C27H27ClFN7. The van der Waals surface area contributed by atoms with Gasteiger partial charge in [0.05, 0.1) is 34.9 Å². The number of anilines is 2. The van der Waals surface area contributed by atoms with Crippen molar-refractivity contribution in [2.75, 3.05) is 17.2 Å². The van der Waals surface area contributed by atoms with Crippen molar-refractivity contribution in [3.63, 3.8) is 0 Å². The molecule has 3 aromatic rings. The standard InChI is InChI=1S/C27H27ClFN7/c28-23-12-20(11-22-25(31-10-9-16-1-2-16)18(13-30)14-32-27(22)23)33-26(17-3-5-19(29)6-4-17)24-15-36(35-34-24)21-7-8-21/h3-6,11-12,14-16,21,26,33-35H,1-2,7-10H2,(H,31,32)/t26-/m1/s1/i26D. The largest absolute Gasteiger partial charge is 0.383 e. The minimum absolute atomic E-state index is 0.372. The monoisotopic (exact) mass is 504 g/mol. The third kappa shape index (κ3) is 4.77. The van der Waals surface area contributed by atoms with Crippen LogP contribution in [0.25, 0.3) is 10.9 Å². The summed E-state index contributed by atoms with van der Waals surface area (Å²) in [5, 5.41) is 19.6. The lowest BCUT2D eigenvalue weighted by Gasteiger charge is -2.22. The van der Waals surface area contributed by atoms with E-state index in [-0.39, 0.29) is 5.82 Å². The Balaban J connectivity index is 1.40. The number of fused-ring (bicyclic) bond motifs is 1. The van der Waals surface area contributed by atoms with Gasteiger partial charge in [-0.2, -0.15) is 5.26 Å². The fraction of sp³-hybridized carbons (Fsp3) is 0.333. The lowest BCUT2D eigenvalue weighted by atomic mass is 10.0. The minimum atomic E-state index is -1.48. The second-order valence-electron chi connectivity index (χ2n) is 9.60. The summed E-state index contributed by atoms with van der Waals surface area (Å²) < 4.78 is 23.3. The molecular weight excluding hydrogens is 477 g/mol. The molecule has 2 aromatic carbocycles. The molecule has 2 aliphatic carbocycles. The molecule has 1 atom stereocenters. The van der Waals surface area contributed by atoms with Crippen molar-refractivity contribution < 1.29 is 5.76 Å². The van der Waals surface area contributed by atoms with Crippen LogP contribution < -0.4 is 21.6 Å². The summed E-state index contributed by atoms with van der Waals surface area (Å²) in [7, 11) is 0. The van der Waals surface area contributed by atoms with Crippen LogP contribution in [0.15, 0.2) is 54.5 Å². The summed E-state index contributed by atoms with van der Waals surface area (Å²) in [6, 6.07) is 10.6. The van der Waals surface area contributed by atoms with Gasteiger partial charge in [-0.05, 0) is 55.0 Å². The maximum atomic E-state index is 13.8. The van der Waals surface area contributed by atoms with E-state index in [1.54, 1.807) is 24.4 Å². The quantitative estimate of drug-likeness (QED) is 0.302. The summed E-state index contributed by atoms with van der Waals surface area (Å²) in [6.45, 7) is 0.755. The first-order chi connectivity index (χ1) is 17.9. The Morgan fingerprint density at radius 3 is 2.78 bits per heavy atom. The van der Waals surface area contributed by atoms with E-state index in [4.69, 9.17) is 11.6 Å². The molecule has 36 heavy (non-hydrogen) atoms. The van der Waals surface area contributed by atoms with Crippen molar-refractivity contribution in [3.05, 3.63) is 76.5 Å². The van der Waals surface area contributed by atoms with Crippen molar-refractivity contribution in [2.24, 2.45) is 5.92 Å². The Morgan fingerprint density at radius 1 is 1.25 bits per heavy atom. The zero-order valence-electron chi connectivity index (χ0n) is 20.6. The van der Waals surface area contributed by atoms with Crippen LogP contribution in [0.2, 0.25) is 5.02 Å². The highest BCUT2D eigenvalue weighted by molar-refractivity contribution is 6.35. The summed E-state index contributed by atoms with van der Waals surface area (Å²) in [5.74, 6) is 0.380. The van der Waals surface area contributed by atoms with E-state index in [0.29, 0.717) is 50.2 Å². The Kier molecular flexibility index (Phi) is 5.73. The lowest BCUT2D eigenvalue weighted by Crippen LogP contribution is -2.38. The molecule has 7 nitrogen and oxygen atoms in total. The second-order valence-corrected chi connectivity index (χ2v) is 10.0. The fourth-order valence-corrected chi connectivity index (χ4v) is 4.74. The Morgan fingerprint density at radius 2 is 2.06 bits per heavy atom. The number of hydrogen-bond acceptors (Lipinski definition) is 7. The number of rotatable bonds is 9. The first-order valence-corrected chi connectivity index (χ1v) is 12.6. The van der Waals surface area contributed by atoms with Gasteiger partial charge < -0.3 is 16.1 Å². The van der Waals surface area contributed by atoms with Crippen LogP contribution in [0.1, 0.15) is 50.6 Å². The van der Waals surface area contributed by atoms with Crippen LogP contribution in [0.3, 0.4) is 0 Å². The molecule has 0 unspecified atom stereocenters. The number of aromatic nitrogens is 1. The Bertz CT molecular complexity index is 1420. The molecule has 0 bridgehead atoms. The summed E-state index contributed by atoms with van der Waals surface area (Å²) in [4.78, 5) is 4.44. The molecule has 0 spiro atoms. The molecule has 4 N–H and O–H groups in total. The highest BCUT2D eigenvalue weighted by Gasteiger charge is 2.32. The van der Waals surface area contributed by atoms with E-state index >= 15 is 0 Å². The third-order valence-corrected chi connectivity index (χ3v) is 7.08. The molecule has 2 heterocycles. The second kappa shape index (κ2) is 9.49. The van der Waals surface area contributed by atoms with Gasteiger partial charge in [0, 0.05) is 36.1 Å². The van der Waals surface area contributed by atoms with E-state index in [1.807, 2.05) is 17.3 Å². The molecule has 9 heteroatoms. The number of nitrogens with zero attached hydrogens (tertiary/aromatic N) is 3. The molecule has 0 amide bonds. The number of benzene rings is 2. The van der Waals surface area contributed by atoms with Gasteiger partial charge in [0.1, 0.15) is 11.9 Å². The molecule has 1 aromatic heterocycles. The predicted octanol–water partition coefficient (Wildman–Crippen LogP) is 5.59. The van der Waals surface area contributed by atoms with Crippen LogP contribution in [0.4, 0.5) is 15.8 Å². The molecule has 0 radical (unpaired) electrons. The molecule has 184 valence electrons. The molecule has 3 aliphatic rings. The minimum Gasteiger partial charge on any atom is -0.383 e. The van der Waals surface area contributed by atoms with Crippen LogP contribution in [-0.2, 0) is 0 Å². The number of hydrogen-bond donors (Lipinski definition) is 4.